The number of nitrogens with one attached hydrogen (secondary N) is 2. The van der Waals surface area contributed by atoms with Crippen molar-refractivity contribution in [3.63, 3.8) is 0 Å². The molecule has 0 saturated carbocycles. The summed E-state index contributed by atoms with van der Waals surface area (Å²) in [6.07, 6.45) is 2.46. The summed E-state index contributed by atoms with van der Waals surface area (Å²) >= 11 is 5.65. The fraction of sp³-hybridized carbons (Fsp3) is 0.600. The second-order valence-corrected chi connectivity index (χ2v) is 4.20. The van der Waals surface area contributed by atoms with Crippen LogP contribution in [0.5, 0.6) is 0 Å². The van der Waals surface area contributed by atoms with Crippen LogP contribution in [-0.4, -0.2) is 29.8 Å². The molecule has 0 aromatic carbocycles. The number of anilines is 1. The van der Waals surface area contributed by atoms with Crippen LogP contribution in [0.1, 0.15) is 12.8 Å². The van der Waals surface area contributed by atoms with Gasteiger partial charge in [-0.15, -0.1) is 10.2 Å². The molecule has 0 unspecified atom stereocenters. The molecule has 1 saturated heterocycles. The van der Waals surface area contributed by atoms with Gasteiger partial charge in [-0.1, -0.05) is 11.6 Å². The summed E-state index contributed by atoms with van der Waals surface area (Å²) < 4.78 is 0. The smallest absolute Gasteiger partial charge is 0.151 e. The van der Waals surface area contributed by atoms with Crippen molar-refractivity contribution in [2.45, 2.75) is 12.8 Å². The first-order chi connectivity index (χ1) is 7.34. The van der Waals surface area contributed by atoms with Gasteiger partial charge in [-0.25, -0.2) is 0 Å². The molecule has 2 rings (SSSR count). The van der Waals surface area contributed by atoms with Gasteiger partial charge in [0.05, 0.1) is 0 Å². The summed E-state index contributed by atoms with van der Waals surface area (Å²) in [5.74, 6) is 1.54. The Morgan fingerprint density at radius 3 is 2.80 bits per heavy atom. The van der Waals surface area contributed by atoms with Crippen molar-refractivity contribution in [3.05, 3.63) is 17.3 Å². The lowest BCUT2D eigenvalue weighted by atomic mass is 9.98. The summed E-state index contributed by atoms with van der Waals surface area (Å²) in [5.41, 5.74) is 0. The lowest BCUT2D eigenvalue weighted by Gasteiger charge is -2.22. The van der Waals surface area contributed by atoms with Crippen molar-refractivity contribution in [2.24, 2.45) is 5.92 Å². The maximum atomic E-state index is 5.65. The molecule has 1 aliphatic rings. The number of nitrogens with zero attached hydrogens (tertiary/aromatic N) is 2. The number of piperidine rings is 1. The molecule has 0 spiro atoms. The minimum atomic E-state index is 0.433. The minimum Gasteiger partial charge on any atom is -0.368 e. The molecule has 1 fully saturated rings. The van der Waals surface area contributed by atoms with Gasteiger partial charge in [0.15, 0.2) is 5.15 Å². The molecule has 15 heavy (non-hydrogen) atoms. The van der Waals surface area contributed by atoms with E-state index in [0.29, 0.717) is 5.15 Å². The number of hydrogen-bond acceptors (Lipinski definition) is 4. The van der Waals surface area contributed by atoms with Crippen molar-refractivity contribution < 1.29 is 0 Å². The van der Waals surface area contributed by atoms with E-state index in [2.05, 4.69) is 20.8 Å². The van der Waals surface area contributed by atoms with E-state index in [1.165, 1.54) is 12.8 Å². The Bertz CT molecular complexity index is 295. The Kier molecular flexibility index (Phi) is 3.75. The van der Waals surface area contributed by atoms with Crippen LogP contribution in [0.25, 0.3) is 0 Å². The molecular weight excluding hydrogens is 212 g/mol. The van der Waals surface area contributed by atoms with E-state index in [-0.39, 0.29) is 0 Å². The number of hydrogen-bond donors (Lipinski definition) is 2. The Morgan fingerprint density at radius 2 is 2.13 bits per heavy atom. The van der Waals surface area contributed by atoms with Crippen LogP contribution in [0, 0.1) is 5.92 Å². The zero-order chi connectivity index (χ0) is 10.5. The fourth-order valence-corrected chi connectivity index (χ4v) is 1.85. The van der Waals surface area contributed by atoms with E-state index < -0.39 is 0 Å². The fourth-order valence-electron chi connectivity index (χ4n) is 1.75. The molecule has 82 valence electrons. The molecule has 0 bridgehead atoms. The van der Waals surface area contributed by atoms with Crippen molar-refractivity contribution in [3.8, 4) is 0 Å². The predicted molar refractivity (Wildman–Crippen MR) is 61.1 cm³/mol. The van der Waals surface area contributed by atoms with Gasteiger partial charge in [0, 0.05) is 6.54 Å². The van der Waals surface area contributed by atoms with Gasteiger partial charge >= 0.3 is 0 Å². The highest BCUT2D eigenvalue weighted by Gasteiger charge is 2.12. The molecule has 2 heterocycles. The standard InChI is InChI=1S/C10H15ClN4/c11-9-1-2-10(15-14-9)13-7-8-3-5-12-6-4-8/h1-2,8,12H,3-7H2,(H,13,15). The summed E-state index contributed by atoms with van der Waals surface area (Å²) in [6.45, 7) is 3.22. The van der Waals surface area contributed by atoms with Crippen molar-refractivity contribution in [2.75, 3.05) is 25.0 Å². The Labute approximate surface area is 94.4 Å². The number of rotatable bonds is 3. The van der Waals surface area contributed by atoms with E-state index >= 15 is 0 Å². The molecule has 0 atom stereocenters. The highest BCUT2D eigenvalue weighted by molar-refractivity contribution is 6.29. The average Bonchev–Trinajstić information content (AvgIpc) is 2.30. The molecule has 5 heteroatoms. The van der Waals surface area contributed by atoms with Crippen LogP contribution in [0.3, 0.4) is 0 Å². The second-order valence-electron chi connectivity index (χ2n) is 3.82. The number of halogens is 1. The molecule has 4 nitrogen and oxygen atoms in total. The first-order valence-electron chi connectivity index (χ1n) is 5.28. The zero-order valence-electron chi connectivity index (χ0n) is 8.54. The molecule has 1 aromatic heterocycles. The molecule has 0 radical (unpaired) electrons. The summed E-state index contributed by atoms with van der Waals surface area (Å²) in [5, 5.41) is 14.8. The molecule has 2 N–H and O–H groups in total. The maximum absolute atomic E-state index is 5.65. The van der Waals surface area contributed by atoms with Gasteiger partial charge in [0.1, 0.15) is 5.82 Å². The topological polar surface area (TPSA) is 49.8 Å². The van der Waals surface area contributed by atoms with E-state index in [4.69, 9.17) is 11.6 Å². The molecule has 1 aromatic rings. The van der Waals surface area contributed by atoms with Gasteiger partial charge in [-0.2, -0.15) is 0 Å². The van der Waals surface area contributed by atoms with E-state index in [1.807, 2.05) is 6.07 Å². The van der Waals surface area contributed by atoms with Crippen LogP contribution < -0.4 is 10.6 Å². The highest BCUT2D eigenvalue weighted by atomic mass is 35.5. The molecule has 1 aliphatic heterocycles. The SMILES string of the molecule is Clc1ccc(NCC2CCNCC2)nn1. The van der Waals surface area contributed by atoms with Crippen LogP contribution in [0.15, 0.2) is 12.1 Å². The largest absolute Gasteiger partial charge is 0.368 e. The van der Waals surface area contributed by atoms with Crippen LogP contribution in [0.2, 0.25) is 5.15 Å². The maximum Gasteiger partial charge on any atom is 0.151 e. The summed E-state index contributed by atoms with van der Waals surface area (Å²) in [4.78, 5) is 0. The van der Waals surface area contributed by atoms with Gasteiger partial charge in [-0.3, -0.25) is 0 Å². The number of aromatic nitrogens is 2. The Balaban J connectivity index is 1.79. The third-order valence-electron chi connectivity index (χ3n) is 2.66. The van der Waals surface area contributed by atoms with E-state index in [0.717, 1.165) is 31.4 Å². The van der Waals surface area contributed by atoms with Gasteiger partial charge in [0.25, 0.3) is 0 Å². The van der Waals surface area contributed by atoms with E-state index in [9.17, 15) is 0 Å². The predicted octanol–water partition coefficient (Wildman–Crippen LogP) is 1.54. The van der Waals surface area contributed by atoms with Gasteiger partial charge in [-0.05, 0) is 44.0 Å². The van der Waals surface area contributed by atoms with Crippen molar-refractivity contribution in [1.29, 1.82) is 0 Å². The Hall–Kier alpha value is -0.870. The lowest BCUT2D eigenvalue weighted by molar-refractivity contribution is 0.389. The van der Waals surface area contributed by atoms with Crippen molar-refractivity contribution in [1.82, 2.24) is 15.5 Å². The zero-order valence-corrected chi connectivity index (χ0v) is 9.30. The first-order valence-corrected chi connectivity index (χ1v) is 5.66. The molecular formula is C10H15ClN4. The molecule has 0 aliphatic carbocycles. The monoisotopic (exact) mass is 226 g/mol. The Morgan fingerprint density at radius 1 is 1.33 bits per heavy atom. The minimum absolute atomic E-state index is 0.433. The first kappa shape index (κ1) is 10.6. The summed E-state index contributed by atoms with van der Waals surface area (Å²) in [7, 11) is 0. The normalized spacial score (nSPS) is 17.7. The third-order valence-corrected chi connectivity index (χ3v) is 2.86. The van der Waals surface area contributed by atoms with E-state index in [1.54, 1.807) is 6.07 Å². The second kappa shape index (κ2) is 5.28. The summed E-state index contributed by atoms with van der Waals surface area (Å²) in [6, 6.07) is 3.61. The van der Waals surface area contributed by atoms with Crippen LogP contribution in [-0.2, 0) is 0 Å². The third kappa shape index (κ3) is 3.32. The highest BCUT2D eigenvalue weighted by Crippen LogP contribution is 2.13. The van der Waals surface area contributed by atoms with Crippen LogP contribution >= 0.6 is 11.6 Å². The molecule has 0 amide bonds. The quantitative estimate of drug-likeness (QED) is 0.821. The van der Waals surface area contributed by atoms with Crippen molar-refractivity contribution >= 4 is 17.4 Å². The average molecular weight is 227 g/mol. The lowest BCUT2D eigenvalue weighted by Crippen LogP contribution is -2.31. The van der Waals surface area contributed by atoms with Gasteiger partial charge < -0.3 is 10.6 Å². The van der Waals surface area contributed by atoms with Gasteiger partial charge in [0.2, 0.25) is 0 Å². The van der Waals surface area contributed by atoms with Crippen LogP contribution in [0.4, 0.5) is 5.82 Å².